The zero-order chi connectivity index (χ0) is 15.4. The van der Waals surface area contributed by atoms with Gasteiger partial charge in [-0.3, -0.25) is 14.9 Å². The van der Waals surface area contributed by atoms with Crippen molar-refractivity contribution in [3.63, 3.8) is 0 Å². The van der Waals surface area contributed by atoms with E-state index >= 15 is 0 Å². The fourth-order valence-electron chi connectivity index (χ4n) is 2.58. The SMILES string of the molecule is NC1CCCCCC1NC(=O)c1cc(Br)cc([N+](=O)[O-])c1. The van der Waals surface area contributed by atoms with Gasteiger partial charge >= 0.3 is 0 Å². The lowest BCUT2D eigenvalue weighted by atomic mass is 10.0. The van der Waals surface area contributed by atoms with Crippen LogP contribution < -0.4 is 11.1 Å². The maximum atomic E-state index is 12.3. The highest BCUT2D eigenvalue weighted by Crippen LogP contribution is 2.22. The molecule has 1 aromatic carbocycles. The van der Waals surface area contributed by atoms with Crippen molar-refractivity contribution in [2.24, 2.45) is 5.73 Å². The second-order valence-electron chi connectivity index (χ2n) is 5.34. The van der Waals surface area contributed by atoms with Gasteiger partial charge in [0, 0.05) is 34.3 Å². The molecule has 1 aliphatic rings. The summed E-state index contributed by atoms with van der Waals surface area (Å²) in [5, 5.41) is 13.8. The Morgan fingerprint density at radius 3 is 2.71 bits per heavy atom. The van der Waals surface area contributed by atoms with Crippen LogP contribution in [-0.2, 0) is 0 Å². The van der Waals surface area contributed by atoms with Crippen molar-refractivity contribution in [1.29, 1.82) is 0 Å². The van der Waals surface area contributed by atoms with Crippen LogP contribution in [-0.4, -0.2) is 22.9 Å². The average molecular weight is 356 g/mol. The first kappa shape index (κ1) is 15.9. The molecule has 114 valence electrons. The first-order chi connectivity index (χ1) is 9.97. The lowest BCUT2D eigenvalue weighted by Crippen LogP contribution is -2.46. The fourth-order valence-corrected chi connectivity index (χ4v) is 3.06. The minimum Gasteiger partial charge on any atom is -0.348 e. The van der Waals surface area contributed by atoms with Crippen LogP contribution in [0.15, 0.2) is 22.7 Å². The van der Waals surface area contributed by atoms with Gasteiger partial charge in [0.1, 0.15) is 0 Å². The predicted octanol–water partition coefficient (Wildman–Crippen LogP) is 2.75. The summed E-state index contributed by atoms with van der Waals surface area (Å²) in [7, 11) is 0. The number of carbonyl (C=O) groups is 1. The number of nitro benzene ring substituents is 1. The highest BCUT2D eigenvalue weighted by atomic mass is 79.9. The minimum atomic E-state index is -0.515. The van der Waals surface area contributed by atoms with Crippen LogP contribution in [0.4, 0.5) is 5.69 Å². The van der Waals surface area contributed by atoms with Crippen LogP contribution in [0.25, 0.3) is 0 Å². The third-order valence-corrected chi connectivity index (χ3v) is 4.20. The number of hydrogen-bond donors (Lipinski definition) is 2. The lowest BCUT2D eigenvalue weighted by Gasteiger charge is -2.22. The third kappa shape index (κ3) is 4.25. The molecule has 21 heavy (non-hydrogen) atoms. The summed E-state index contributed by atoms with van der Waals surface area (Å²) in [6.45, 7) is 0. The highest BCUT2D eigenvalue weighted by molar-refractivity contribution is 9.10. The van der Waals surface area contributed by atoms with Crippen molar-refractivity contribution >= 4 is 27.5 Å². The van der Waals surface area contributed by atoms with Crippen molar-refractivity contribution in [2.45, 2.75) is 44.2 Å². The number of rotatable bonds is 3. The summed E-state index contributed by atoms with van der Waals surface area (Å²) in [6, 6.07) is 4.10. The number of benzene rings is 1. The molecule has 3 N–H and O–H groups in total. The molecular weight excluding hydrogens is 338 g/mol. The number of nitro groups is 1. The normalized spacial score (nSPS) is 22.4. The topological polar surface area (TPSA) is 98.3 Å². The Kier molecular flexibility index (Phi) is 5.30. The van der Waals surface area contributed by atoms with Gasteiger partial charge in [-0.05, 0) is 18.9 Å². The van der Waals surface area contributed by atoms with E-state index in [4.69, 9.17) is 5.73 Å². The molecule has 1 saturated carbocycles. The van der Waals surface area contributed by atoms with E-state index in [1.54, 1.807) is 6.07 Å². The summed E-state index contributed by atoms with van der Waals surface area (Å²) >= 11 is 3.19. The molecule has 0 aromatic heterocycles. The number of nitrogens with two attached hydrogens (primary N) is 1. The Hall–Kier alpha value is -1.47. The van der Waals surface area contributed by atoms with E-state index < -0.39 is 4.92 Å². The molecule has 7 heteroatoms. The summed E-state index contributed by atoms with van der Waals surface area (Å²) in [4.78, 5) is 22.6. The monoisotopic (exact) mass is 355 g/mol. The molecule has 0 bridgehead atoms. The van der Waals surface area contributed by atoms with Gasteiger partial charge in [-0.1, -0.05) is 35.2 Å². The van der Waals surface area contributed by atoms with Gasteiger partial charge in [-0.15, -0.1) is 0 Å². The van der Waals surface area contributed by atoms with Crippen LogP contribution >= 0.6 is 15.9 Å². The number of carbonyl (C=O) groups excluding carboxylic acids is 1. The smallest absolute Gasteiger partial charge is 0.271 e. The molecule has 2 rings (SSSR count). The number of non-ortho nitro benzene ring substituents is 1. The van der Waals surface area contributed by atoms with Crippen molar-refractivity contribution in [1.82, 2.24) is 5.32 Å². The quantitative estimate of drug-likeness (QED) is 0.494. The van der Waals surface area contributed by atoms with Gasteiger partial charge in [0.25, 0.3) is 11.6 Å². The Balaban J connectivity index is 2.14. The average Bonchev–Trinajstić information content (AvgIpc) is 2.63. The van der Waals surface area contributed by atoms with E-state index in [1.807, 2.05) is 0 Å². The molecule has 6 nitrogen and oxygen atoms in total. The summed E-state index contributed by atoms with van der Waals surface area (Å²) in [5.41, 5.74) is 6.24. The van der Waals surface area contributed by atoms with E-state index in [-0.39, 0.29) is 29.2 Å². The number of nitrogens with zero attached hydrogens (tertiary/aromatic N) is 1. The first-order valence-corrected chi connectivity index (χ1v) is 7.78. The largest absolute Gasteiger partial charge is 0.348 e. The first-order valence-electron chi connectivity index (χ1n) is 6.99. The standard InChI is InChI=1S/C14H18BrN3O3/c15-10-6-9(7-11(8-10)18(20)21)14(19)17-13-5-3-1-2-4-12(13)16/h6-8,12-13H,1-5,16H2,(H,17,19). The van der Waals surface area contributed by atoms with E-state index in [1.165, 1.54) is 12.1 Å². The molecule has 2 atom stereocenters. The molecule has 0 aliphatic heterocycles. The van der Waals surface area contributed by atoms with Gasteiger partial charge in [0.05, 0.1) is 4.92 Å². The Morgan fingerprint density at radius 1 is 1.29 bits per heavy atom. The molecule has 1 fully saturated rings. The predicted molar refractivity (Wildman–Crippen MR) is 83.1 cm³/mol. The number of hydrogen-bond acceptors (Lipinski definition) is 4. The molecule has 1 aliphatic carbocycles. The molecule has 2 unspecified atom stereocenters. The molecule has 0 radical (unpaired) electrons. The Bertz CT molecular complexity index is 550. The zero-order valence-electron chi connectivity index (χ0n) is 11.5. The zero-order valence-corrected chi connectivity index (χ0v) is 13.1. The maximum Gasteiger partial charge on any atom is 0.271 e. The maximum absolute atomic E-state index is 12.3. The lowest BCUT2D eigenvalue weighted by molar-refractivity contribution is -0.385. The molecule has 1 aromatic rings. The van der Waals surface area contributed by atoms with Crippen LogP contribution in [0.3, 0.4) is 0 Å². The van der Waals surface area contributed by atoms with Gasteiger partial charge in [-0.25, -0.2) is 0 Å². The Morgan fingerprint density at radius 2 is 2.00 bits per heavy atom. The summed E-state index contributed by atoms with van der Waals surface area (Å²) in [6.07, 6.45) is 4.99. The van der Waals surface area contributed by atoms with Crippen molar-refractivity contribution in [3.05, 3.63) is 38.3 Å². The number of halogens is 1. The van der Waals surface area contributed by atoms with Crippen LogP contribution in [0.2, 0.25) is 0 Å². The van der Waals surface area contributed by atoms with Gasteiger partial charge in [0.2, 0.25) is 0 Å². The second-order valence-corrected chi connectivity index (χ2v) is 6.25. The molecule has 0 heterocycles. The highest BCUT2D eigenvalue weighted by Gasteiger charge is 2.23. The van der Waals surface area contributed by atoms with Crippen molar-refractivity contribution in [2.75, 3.05) is 0 Å². The summed E-state index contributed by atoms with van der Waals surface area (Å²) < 4.78 is 0.506. The Labute approximate surface area is 131 Å². The second kappa shape index (κ2) is 7.00. The third-order valence-electron chi connectivity index (χ3n) is 3.74. The molecule has 0 saturated heterocycles. The van der Waals surface area contributed by atoms with Crippen molar-refractivity contribution in [3.8, 4) is 0 Å². The molecule has 1 amide bonds. The molecule has 0 spiro atoms. The summed E-state index contributed by atoms with van der Waals surface area (Å²) in [5.74, 6) is -0.318. The van der Waals surface area contributed by atoms with Crippen LogP contribution in [0.5, 0.6) is 0 Å². The van der Waals surface area contributed by atoms with Gasteiger partial charge in [-0.2, -0.15) is 0 Å². The van der Waals surface area contributed by atoms with Crippen LogP contribution in [0.1, 0.15) is 42.5 Å². The number of amides is 1. The molecular formula is C14H18BrN3O3. The fraction of sp³-hybridized carbons (Fsp3) is 0.500. The van der Waals surface area contributed by atoms with E-state index in [0.29, 0.717) is 4.47 Å². The van der Waals surface area contributed by atoms with Gasteiger partial charge < -0.3 is 11.1 Å². The number of nitrogens with one attached hydrogen (secondary N) is 1. The van der Waals surface area contributed by atoms with Crippen molar-refractivity contribution < 1.29 is 9.72 Å². The van der Waals surface area contributed by atoms with Crippen LogP contribution in [0, 0.1) is 10.1 Å². The minimum absolute atomic E-state index is 0.0569. The van der Waals surface area contributed by atoms with E-state index in [2.05, 4.69) is 21.2 Å². The van der Waals surface area contributed by atoms with E-state index in [9.17, 15) is 14.9 Å². The van der Waals surface area contributed by atoms with Gasteiger partial charge in [0.15, 0.2) is 0 Å². The van der Waals surface area contributed by atoms with E-state index in [0.717, 1.165) is 32.1 Å².